The van der Waals surface area contributed by atoms with Crippen molar-refractivity contribution >= 4 is 28.3 Å². The smallest absolute Gasteiger partial charge is 0.124 e. The van der Waals surface area contributed by atoms with Crippen molar-refractivity contribution < 1.29 is 4.39 Å². The molecule has 0 spiro atoms. The maximum Gasteiger partial charge on any atom is 0.124 e. The van der Waals surface area contributed by atoms with Gasteiger partial charge in [-0.3, -0.25) is 4.90 Å². The highest BCUT2D eigenvalue weighted by Gasteiger charge is 2.40. The van der Waals surface area contributed by atoms with Crippen molar-refractivity contribution in [3.8, 4) is 0 Å². The van der Waals surface area contributed by atoms with Crippen LogP contribution < -0.4 is 5.73 Å². The van der Waals surface area contributed by atoms with Crippen LogP contribution in [0.1, 0.15) is 18.4 Å². The van der Waals surface area contributed by atoms with Crippen LogP contribution in [-0.2, 0) is 6.54 Å². The third-order valence-electron chi connectivity index (χ3n) is 4.40. The topological polar surface area (TPSA) is 29.3 Å². The molecule has 3 unspecified atom stereocenters. The molecule has 19 heavy (non-hydrogen) atoms. The molecule has 2 N–H and O–H groups in total. The van der Waals surface area contributed by atoms with E-state index in [4.69, 9.17) is 5.73 Å². The molecule has 1 aromatic carbocycles. The second-order valence-electron chi connectivity index (χ2n) is 5.59. The molecular formula is C14H19BrClFN2. The van der Waals surface area contributed by atoms with Crippen molar-refractivity contribution in [2.24, 2.45) is 17.6 Å². The Kier molecular flexibility index (Phi) is 4.88. The lowest BCUT2D eigenvalue weighted by Gasteiger charge is -2.19. The van der Waals surface area contributed by atoms with E-state index in [1.54, 1.807) is 0 Å². The lowest BCUT2D eigenvalue weighted by atomic mass is 9.98. The van der Waals surface area contributed by atoms with Crippen LogP contribution in [0.2, 0.25) is 0 Å². The van der Waals surface area contributed by atoms with Gasteiger partial charge in [-0.25, -0.2) is 4.39 Å². The fourth-order valence-corrected chi connectivity index (χ4v) is 3.90. The maximum atomic E-state index is 13.0. The van der Waals surface area contributed by atoms with Gasteiger partial charge in [0.25, 0.3) is 0 Å². The van der Waals surface area contributed by atoms with Crippen molar-refractivity contribution in [2.75, 3.05) is 13.1 Å². The SMILES string of the molecule is Cl.NC1CCC2CN(Cc3ccc(F)cc3Br)CC12. The maximum absolute atomic E-state index is 13.0. The van der Waals surface area contributed by atoms with Gasteiger partial charge in [0.05, 0.1) is 0 Å². The number of likely N-dealkylation sites (tertiary alicyclic amines) is 1. The van der Waals surface area contributed by atoms with Crippen molar-refractivity contribution in [1.29, 1.82) is 0 Å². The highest BCUT2D eigenvalue weighted by molar-refractivity contribution is 9.10. The van der Waals surface area contributed by atoms with Crippen molar-refractivity contribution in [2.45, 2.75) is 25.4 Å². The van der Waals surface area contributed by atoms with E-state index in [9.17, 15) is 4.39 Å². The van der Waals surface area contributed by atoms with Gasteiger partial charge in [0.2, 0.25) is 0 Å². The van der Waals surface area contributed by atoms with Crippen LogP contribution in [0.25, 0.3) is 0 Å². The molecule has 0 bridgehead atoms. The van der Waals surface area contributed by atoms with Crippen molar-refractivity contribution in [3.05, 3.63) is 34.1 Å². The first-order chi connectivity index (χ1) is 8.63. The summed E-state index contributed by atoms with van der Waals surface area (Å²) in [5.74, 6) is 1.26. The van der Waals surface area contributed by atoms with Gasteiger partial charge in [-0.15, -0.1) is 12.4 Å². The quantitative estimate of drug-likeness (QED) is 0.888. The number of benzene rings is 1. The fraction of sp³-hybridized carbons (Fsp3) is 0.571. The summed E-state index contributed by atoms with van der Waals surface area (Å²) >= 11 is 3.44. The Morgan fingerprint density at radius 3 is 2.79 bits per heavy atom. The zero-order valence-corrected chi connectivity index (χ0v) is 13.1. The van der Waals surface area contributed by atoms with Crippen LogP contribution in [0.15, 0.2) is 22.7 Å². The van der Waals surface area contributed by atoms with Crippen LogP contribution in [0.4, 0.5) is 4.39 Å². The van der Waals surface area contributed by atoms with Gasteiger partial charge in [0.15, 0.2) is 0 Å². The Bertz CT molecular complexity index is 457. The van der Waals surface area contributed by atoms with Crippen LogP contribution in [0, 0.1) is 17.7 Å². The van der Waals surface area contributed by atoms with E-state index < -0.39 is 0 Å². The molecule has 5 heteroatoms. The molecule has 1 aliphatic carbocycles. The number of nitrogens with two attached hydrogens (primary N) is 1. The minimum absolute atomic E-state index is 0. The third-order valence-corrected chi connectivity index (χ3v) is 5.14. The molecule has 3 rings (SSSR count). The van der Waals surface area contributed by atoms with E-state index in [0.29, 0.717) is 12.0 Å². The number of hydrogen-bond donors (Lipinski definition) is 1. The van der Waals surface area contributed by atoms with Crippen LogP contribution >= 0.6 is 28.3 Å². The summed E-state index contributed by atoms with van der Waals surface area (Å²) < 4.78 is 13.9. The van der Waals surface area contributed by atoms with Crippen LogP contribution in [-0.4, -0.2) is 24.0 Å². The van der Waals surface area contributed by atoms with E-state index in [-0.39, 0.29) is 18.2 Å². The van der Waals surface area contributed by atoms with E-state index in [0.717, 1.165) is 35.6 Å². The second-order valence-corrected chi connectivity index (χ2v) is 6.45. The van der Waals surface area contributed by atoms with E-state index in [2.05, 4.69) is 20.8 Å². The largest absolute Gasteiger partial charge is 0.327 e. The van der Waals surface area contributed by atoms with Gasteiger partial charge >= 0.3 is 0 Å². The molecule has 2 nitrogen and oxygen atoms in total. The molecule has 0 aromatic heterocycles. The van der Waals surface area contributed by atoms with Gasteiger partial charge in [-0.1, -0.05) is 22.0 Å². The standard InChI is InChI=1S/C14H18BrFN2.ClH/c15-13-5-11(16)3-1-10(13)7-18-6-9-2-4-14(17)12(9)8-18;/h1,3,5,9,12,14H,2,4,6-8,17H2;1H. The molecule has 0 amide bonds. The minimum atomic E-state index is -0.189. The Balaban J connectivity index is 0.00000133. The zero-order valence-electron chi connectivity index (χ0n) is 10.7. The first kappa shape index (κ1) is 15.2. The number of halogens is 3. The summed E-state index contributed by atoms with van der Waals surface area (Å²) in [6.45, 7) is 3.12. The van der Waals surface area contributed by atoms with Crippen molar-refractivity contribution in [1.82, 2.24) is 4.90 Å². The molecule has 1 saturated heterocycles. The monoisotopic (exact) mass is 348 g/mol. The molecule has 106 valence electrons. The molecular weight excluding hydrogens is 331 g/mol. The summed E-state index contributed by atoms with van der Waals surface area (Å²) in [5, 5.41) is 0. The Labute approximate surface area is 128 Å². The molecule has 1 aliphatic heterocycles. The van der Waals surface area contributed by atoms with Gasteiger partial charge in [-0.05, 0) is 42.4 Å². The average molecular weight is 350 g/mol. The summed E-state index contributed by atoms with van der Waals surface area (Å²) in [7, 11) is 0. The zero-order chi connectivity index (χ0) is 12.7. The molecule has 0 radical (unpaired) electrons. The lowest BCUT2D eigenvalue weighted by Crippen LogP contribution is -2.30. The molecule has 2 fully saturated rings. The first-order valence-corrected chi connectivity index (χ1v) is 7.34. The van der Waals surface area contributed by atoms with Gasteiger partial charge in [0, 0.05) is 30.1 Å². The van der Waals surface area contributed by atoms with Crippen LogP contribution in [0.5, 0.6) is 0 Å². The van der Waals surface area contributed by atoms with E-state index in [1.807, 2.05) is 6.07 Å². The molecule has 2 aliphatic rings. The number of rotatable bonds is 2. The van der Waals surface area contributed by atoms with Crippen molar-refractivity contribution in [3.63, 3.8) is 0 Å². The van der Waals surface area contributed by atoms with Gasteiger partial charge in [-0.2, -0.15) is 0 Å². The number of hydrogen-bond acceptors (Lipinski definition) is 2. The predicted octanol–water partition coefficient (Wildman–Crippen LogP) is 3.18. The Hall–Kier alpha value is -0.160. The van der Waals surface area contributed by atoms with Crippen LogP contribution in [0.3, 0.4) is 0 Å². The second kappa shape index (κ2) is 6.08. The fourth-order valence-electron chi connectivity index (χ4n) is 3.42. The molecule has 1 aromatic rings. The van der Waals surface area contributed by atoms with E-state index >= 15 is 0 Å². The Morgan fingerprint density at radius 1 is 1.32 bits per heavy atom. The summed E-state index contributed by atoms with van der Waals surface area (Å²) in [4.78, 5) is 2.45. The molecule has 1 saturated carbocycles. The summed E-state index contributed by atoms with van der Waals surface area (Å²) in [5.41, 5.74) is 7.30. The highest BCUT2D eigenvalue weighted by atomic mass is 79.9. The highest BCUT2D eigenvalue weighted by Crippen LogP contribution is 2.38. The minimum Gasteiger partial charge on any atom is -0.327 e. The average Bonchev–Trinajstić information content (AvgIpc) is 2.86. The predicted molar refractivity (Wildman–Crippen MR) is 80.8 cm³/mol. The first-order valence-electron chi connectivity index (χ1n) is 6.55. The van der Waals surface area contributed by atoms with Gasteiger partial charge in [0.1, 0.15) is 5.82 Å². The number of fused-ring (bicyclic) bond motifs is 1. The third kappa shape index (κ3) is 3.13. The molecule has 1 heterocycles. The normalized spacial score (nSPS) is 30.2. The summed E-state index contributed by atoms with van der Waals surface area (Å²) in [6, 6.07) is 5.32. The number of nitrogens with zero attached hydrogens (tertiary/aromatic N) is 1. The van der Waals surface area contributed by atoms with Gasteiger partial charge < -0.3 is 5.73 Å². The Morgan fingerprint density at radius 2 is 2.11 bits per heavy atom. The van der Waals surface area contributed by atoms with E-state index in [1.165, 1.54) is 25.0 Å². The molecule has 3 atom stereocenters. The lowest BCUT2D eigenvalue weighted by molar-refractivity contribution is 0.297. The summed E-state index contributed by atoms with van der Waals surface area (Å²) in [6.07, 6.45) is 2.45.